The first kappa shape index (κ1) is 25.5. The molecule has 0 bridgehead atoms. The largest absolute Gasteiger partial charge is 0.493 e. The van der Waals surface area contributed by atoms with Crippen molar-refractivity contribution in [3.8, 4) is 11.5 Å². The minimum absolute atomic E-state index is 0.182. The van der Waals surface area contributed by atoms with Crippen LogP contribution in [0.25, 0.3) is 0 Å². The molecule has 0 aliphatic carbocycles. The van der Waals surface area contributed by atoms with Gasteiger partial charge in [0.2, 0.25) is 5.91 Å². The molecule has 2 N–H and O–H groups in total. The molecule has 2 rings (SSSR count). The van der Waals surface area contributed by atoms with E-state index in [2.05, 4.69) is 15.4 Å². The number of esters is 1. The molecule has 8 heteroatoms. The molecule has 0 saturated carbocycles. The molecule has 0 aliphatic heterocycles. The van der Waals surface area contributed by atoms with Crippen molar-refractivity contribution in [1.82, 2.24) is 10.6 Å². The monoisotopic (exact) mass is 454 g/mol. The Morgan fingerprint density at radius 2 is 1.70 bits per heavy atom. The molecular formula is C25H30N2O6. The van der Waals surface area contributed by atoms with Crippen molar-refractivity contribution < 1.29 is 28.6 Å². The Morgan fingerprint density at radius 1 is 0.970 bits per heavy atom. The average Bonchev–Trinajstić information content (AvgIpc) is 2.84. The van der Waals surface area contributed by atoms with Crippen molar-refractivity contribution in [2.24, 2.45) is 0 Å². The van der Waals surface area contributed by atoms with Crippen LogP contribution in [0.1, 0.15) is 40.9 Å². The molecule has 2 aromatic rings. The number of rotatable bonds is 11. The first-order valence-corrected chi connectivity index (χ1v) is 10.5. The van der Waals surface area contributed by atoms with Gasteiger partial charge in [-0.25, -0.2) is 4.79 Å². The molecule has 0 aromatic heterocycles. The third-order valence-corrected chi connectivity index (χ3v) is 5.01. The van der Waals surface area contributed by atoms with Gasteiger partial charge in [-0.1, -0.05) is 24.3 Å². The summed E-state index contributed by atoms with van der Waals surface area (Å²) < 4.78 is 15.1. The lowest BCUT2D eigenvalue weighted by Gasteiger charge is -2.18. The lowest BCUT2D eigenvalue weighted by atomic mass is 10.0. The zero-order valence-electron chi connectivity index (χ0n) is 19.3. The molecule has 0 heterocycles. The van der Waals surface area contributed by atoms with Gasteiger partial charge in [0.05, 0.1) is 27.4 Å². The van der Waals surface area contributed by atoms with Gasteiger partial charge in [-0.05, 0) is 49.1 Å². The maximum absolute atomic E-state index is 13.0. The summed E-state index contributed by atoms with van der Waals surface area (Å²) in [6.07, 6.45) is 3.43. The van der Waals surface area contributed by atoms with Crippen LogP contribution in [0.5, 0.6) is 11.5 Å². The number of methoxy groups -OCH3 is 3. The van der Waals surface area contributed by atoms with Crippen molar-refractivity contribution in [2.75, 3.05) is 27.9 Å². The Bertz CT molecular complexity index is 1000. The fraction of sp³-hybridized carbons (Fsp3) is 0.320. The second kappa shape index (κ2) is 12.9. The molecule has 33 heavy (non-hydrogen) atoms. The number of hydrogen-bond donors (Lipinski definition) is 2. The highest BCUT2D eigenvalue weighted by Gasteiger charge is 2.16. The van der Waals surface area contributed by atoms with Gasteiger partial charge in [-0.2, -0.15) is 0 Å². The summed E-state index contributed by atoms with van der Waals surface area (Å²) in [5, 5.41) is 5.72. The highest BCUT2D eigenvalue weighted by molar-refractivity contribution is 5.96. The minimum Gasteiger partial charge on any atom is -0.493 e. The van der Waals surface area contributed by atoms with E-state index in [0.29, 0.717) is 36.4 Å². The zero-order chi connectivity index (χ0) is 24.2. The molecule has 0 unspecified atom stereocenters. The van der Waals surface area contributed by atoms with Crippen LogP contribution in [0.15, 0.2) is 54.6 Å². The Hall–Kier alpha value is -3.81. The number of amides is 2. The van der Waals surface area contributed by atoms with Crippen LogP contribution in [0.3, 0.4) is 0 Å². The Balaban J connectivity index is 1.96. The number of nitrogens with one attached hydrogen (secondary N) is 2. The summed E-state index contributed by atoms with van der Waals surface area (Å²) in [5.74, 6) is 0.0680. The number of ether oxygens (including phenoxy) is 3. The number of carbonyl (C=O) groups is 3. The number of aryl methyl sites for hydroxylation is 1. The summed E-state index contributed by atoms with van der Waals surface area (Å²) in [5.41, 5.74) is 2.36. The van der Waals surface area contributed by atoms with Crippen LogP contribution in [0, 0.1) is 0 Å². The molecule has 0 fully saturated rings. The number of hydrogen-bond acceptors (Lipinski definition) is 6. The quantitative estimate of drug-likeness (QED) is 0.307. The van der Waals surface area contributed by atoms with Crippen LogP contribution in [-0.2, 0) is 20.7 Å². The van der Waals surface area contributed by atoms with E-state index in [-0.39, 0.29) is 17.9 Å². The molecule has 2 aromatic carbocycles. The van der Waals surface area contributed by atoms with Gasteiger partial charge in [0.1, 0.15) is 0 Å². The van der Waals surface area contributed by atoms with Crippen LogP contribution in [0.4, 0.5) is 0 Å². The Labute approximate surface area is 193 Å². The van der Waals surface area contributed by atoms with Gasteiger partial charge in [-0.15, -0.1) is 0 Å². The van der Waals surface area contributed by atoms with Crippen LogP contribution in [-0.4, -0.2) is 45.7 Å². The van der Waals surface area contributed by atoms with Gasteiger partial charge < -0.3 is 24.8 Å². The predicted octanol–water partition coefficient (Wildman–Crippen LogP) is 2.97. The molecule has 0 aliphatic rings. The smallest absolute Gasteiger partial charge is 0.330 e. The summed E-state index contributed by atoms with van der Waals surface area (Å²) in [7, 11) is 4.38. The summed E-state index contributed by atoms with van der Waals surface area (Å²) in [6.45, 7) is 2.31. The van der Waals surface area contributed by atoms with E-state index in [1.807, 2.05) is 37.3 Å². The molecule has 8 nitrogen and oxygen atoms in total. The molecule has 1 atom stereocenters. The minimum atomic E-state index is -0.590. The summed E-state index contributed by atoms with van der Waals surface area (Å²) >= 11 is 0. The van der Waals surface area contributed by atoms with Crippen molar-refractivity contribution in [3.63, 3.8) is 0 Å². The van der Waals surface area contributed by atoms with E-state index < -0.39 is 5.97 Å². The van der Waals surface area contributed by atoms with E-state index in [1.54, 1.807) is 26.4 Å². The average molecular weight is 455 g/mol. The normalized spacial score (nSPS) is 11.5. The highest BCUT2D eigenvalue weighted by Crippen LogP contribution is 2.30. The lowest BCUT2D eigenvalue weighted by Crippen LogP contribution is -2.28. The first-order valence-electron chi connectivity index (χ1n) is 10.5. The van der Waals surface area contributed by atoms with Crippen LogP contribution < -0.4 is 20.1 Å². The summed E-state index contributed by atoms with van der Waals surface area (Å²) in [6, 6.07) is 12.7. The maximum atomic E-state index is 13.0. The standard InChI is InChI=1S/C25H30N2O6/c1-17(19-11-12-21(31-2)22(16-19)32-3)27-25(30)20-10-6-5-8-18(20)9-7-15-26-23(28)13-14-24(29)33-4/h5-6,8,10-14,16-17H,7,9,15H2,1-4H3,(H,26,28)(H,27,30)/b14-13+/t17-/m1/s1. The molecule has 0 saturated heterocycles. The predicted molar refractivity (Wildman–Crippen MR) is 124 cm³/mol. The van der Waals surface area contributed by atoms with Crippen molar-refractivity contribution in [2.45, 2.75) is 25.8 Å². The molecule has 0 radical (unpaired) electrons. The van der Waals surface area contributed by atoms with Gasteiger partial charge >= 0.3 is 5.97 Å². The second-order valence-corrected chi connectivity index (χ2v) is 7.22. The Morgan fingerprint density at radius 3 is 2.39 bits per heavy atom. The molecule has 176 valence electrons. The van der Waals surface area contributed by atoms with Gasteiger partial charge in [0.25, 0.3) is 5.91 Å². The fourth-order valence-corrected chi connectivity index (χ4v) is 3.20. The second-order valence-electron chi connectivity index (χ2n) is 7.22. The van der Waals surface area contributed by atoms with Crippen molar-refractivity contribution >= 4 is 17.8 Å². The topological polar surface area (TPSA) is 103 Å². The molecule has 2 amide bonds. The lowest BCUT2D eigenvalue weighted by molar-refractivity contribution is -0.135. The molecular weight excluding hydrogens is 424 g/mol. The maximum Gasteiger partial charge on any atom is 0.330 e. The first-order chi connectivity index (χ1) is 15.9. The van der Waals surface area contributed by atoms with Gasteiger partial charge in [0, 0.05) is 24.3 Å². The highest BCUT2D eigenvalue weighted by atomic mass is 16.5. The zero-order valence-corrected chi connectivity index (χ0v) is 19.3. The number of carbonyl (C=O) groups excluding carboxylic acids is 3. The van der Waals surface area contributed by atoms with Crippen LogP contribution in [0.2, 0.25) is 0 Å². The molecule has 0 spiro atoms. The fourth-order valence-electron chi connectivity index (χ4n) is 3.20. The van der Waals surface area contributed by atoms with E-state index >= 15 is 0 Å². The SMILES string of the molecule is COC(=O)/C=C/C(=O)NCCCc1ccccc1C(=O)N[C@H](C)c1ccc(OC)c(OC)c1. The van der Waals surface area contributed by atoms with Crippen molar-refractivity contribution in [1.29, 1.82) is 0 Å². The third-order valence-electron chi connectivity index (χ3n) is 5.01. The van der Waals surface area contributed by atoms with E-state index in [4.69, 9.17) is 9.47 Å². The Kier molecular flexibility index (Phi) is 9.95. The van der Waals surface area contributed by atoms with Crippen LogP contribution >= 0.6 is 0 Å². The number of benzene rings is 2. The van der Waals surface area contributed by atoms with E-state index in [9.17, 15) is 14.4 Å². The van der Waals surface area contributed by atoms with E-state index in [0.717, 1.165) is 23.3 Å². The van der Waals surface area contributed by atoms with Gasteiger partial charge in [0.15, 0.2) is 11.5 Å². The van der Waals surface area contributed by atoms with Gasteiger partial charge in [-0.3, -0.25) is 9.59 Å². The van der Waals surface area contributed by atoms with E-state index in [1.165, 1.54) is 7.11 Å². The third kappa shape index (κ3) is 7.68. The van der Waals surface area contributed by atoms with Crippen molar-refractivity contribution in [3.05, 3.63) is 71.3 Å². The summed E-state index contributed by atoms with van der Waals surface area (Å²) in [4.78, 5) is 35.7.